The van der Waals surface area contributed by atoms with Crippen molar-refractivity contribution in [3.63, 3.8) is 0 Å². The highest BCUT2D eigenvalue weighted by molar-refractivity contribution is 5.87. The number of aromatic carboxylic acids is 1. The second-order valence-corrected chi connectivity index (χ2v) is 3.43. The number of nitrogens with one attached hydrogen (secondary N) is 1. The third-order valence-electron chi connectivity index (χ3n) is 2.28. The maximum atomic E-state index is 13.0. The van der Waals surface area contributed by atoms with E-state index >= 15 is 0 Å². The summed E-state index contributed by atoms with van der Waals surface area (Å²) in [6.45, 7) is 0.0317. The molecular weight excluding hydrogens is 225 g/mol. The summed E-state index contributed by atoms with van der Waals surface area (Å²) >= 11 is 0. The summed E-state index contributed by atoms with van der Waals surface area (Å²) in [5.74, 6) is -1.28. The molecule has 1 aromatic heterocycles. The zero-order valence-corrected chi connectivity index (χ0v) is 8.77. The van der Waals surface area contributed by atoms with E-state index in [1.165, 1.54) is 18.2 Å². The lowest BCUT2D eigenvalue weighted by Crippen LogP contribution is -2.06. The molecule has 0 aliphatic carbocycles. The topological polar surface area (TPSA) is 92.0 Å². The number of hydrogen-bond acceptors (Lipinski definition) is 3. The van der Waals surface area contributed by atoms with Gasteiger partial charge in [-0.05, 0) is 12.1 Å². The van der Waals surface area contributed by atoms with Crippen molar-refractivity contribution in [3.05, 3.63) is 41.5 Å². The van der Waals surface area contributed by atoms with Gasteiger partial charge in [-0.1, -0.05) is 12.1 Å². The number of imidazole rings is 1. The van der Waals surface area contributed by atoms with Crippen LogP contribution in [0.5, 0.6) is 0 Å². The fraction of sp³-hybridized carbons (Fsp3) is 0.0909. The van der Waals surface area contributed by atoms with Crippen molar-refractivity contribution in [2.75, 3.05) is 0 Å². The van der Waals surface area contributed by atoms with Crippen molar-refractivity contribution in [2.45, 2.75) is 6.54 Å². The largest absolute Gasteiger partial charge is 0.476 e. The molecule has 6 heteroatoms. The van der Waals surface area contributed by atoms with E-state index in [9.17, 15) is 9.18 Å². The lowest BCUT2D eigenvalue weighted by atomic mass is 10.2. The van der Waals surface area contributed by atoms with E-state index in [2.05, 4.69) is 9.97 Å². The van der Waals surface area contributed by atoms with E-state index in [4.69, 9.17) is 10.8 Å². The molecule has 0 bridgehead atoms. The van der Waals surface area contributed by atoms with Crippen molar-refractivity contribution in [1.82, 2.24) is 9.97 Å². The van der Waals surface area contributed by atoms with Crippen LogP contribution in [0.15, 0.2) is 24.3 Å². The van der Waals surface area contributed by atoms with E-state index < -0.39 is 11.8 Å². The Labute approximate surface area is 96.1 Å². The van der Waals surface area contributed by atoms with Crippen molar-refractivity contribution < 1.29 is 14.3 Å². The minimum atomic E-state index is -1.16. The van der Waals surface area contributed by atoms with Gasteiger partial charge in [0.2, 0.25) is 0 Å². The third-order valence-corrected chi connectivity index (χ3v) is 2.28. The molecule has 0 saturated heterocycles. The predicted molar refractivity (Wildman–Crippen MR) is 58.8 cm³/mol. The maximum Gasteiger partial charge on any atom is 0.356 e. The van der Waals surface area contributed by atoms with Crippen molar-refractivity contribution >= 4 is 5.97 Å². The maximum absolute atomic E-state index is 13.0. The van der Waals surface area contributed by atoms with Gasteiger partial charge in [-0.2, -0.15) is 0 Å². The van der Waals surface area contributed by atoms with Gasteiger partial charge in [-0.3, -0.25) is 0 Å². The molecule has 0 amide bonds. The summed E-state index contributed by atoms with van der Waals surface area (Å²) < 4.78 is 13.0. The number of H-pyrrole nitrogens is 1. The lowest BCUT2D eigenvalue weighted by molar-refractivity contribution is 0.0690. The monoisotopic (exact) mass is 235 g/mol. The van der Waals surface area contributed by atoms with E-state index in [-0.39, 0.29) is 12.2 Å². The van der Waals surface area contributed by atoms with Crippen LogP contribution in [-0.4, -0.2) is 21.0 Å². The van der Waals surface area contributed by atoms with Gasteiger partial charge >= 0.3 is 5.97 Å². The average molecular weight is 235 g/mol. The number of carboxylic acid groups (broad SMARTS) is 1. The Hall–Kier alpha value is -2.21. The van der Waals surface area contributed by atoms with Gasteiger partial charge in [-0.15, -0.1) is 0 Å². The number of aromatic amines is 1. The lowest BCUT2D eigenvalue weighted by Gasteiger charge is -1.95. The Morgan fingerprint density at radius 2 is 2.29 bits per heavy atom. The fourth-order valence-electron chi connectivity index (χ4n) is 1.51. The van der Waals surface area contributed by atoms with Crippen molar-refractivity contribution in [1.29, 1.82) is 0 Å². The second kappa shape index (κ2) is 4.34. The zero-order chi connectivity index (χ0) is 12.4. The number of carboxylic acids is 1. The molecule has 1 heterocycles. The van der Waals surface area contributed by atoms with Crippen LogP contribution in [0.25, 0.3) is 11.4 Å². The first kappa shape index (κ1) is 11.3. The first-order valence-corrected chi connectivity index (χ1v) is 4.90. The number of halogens is 1. The molecule has 0 fully saturated rings. The summed E-state index contributed by atoms with van der Waals surface area (Å²) in [5, 5.41) is 8.90. The summed E-state index contributed by atoms with van der Waals surface area (Å²) in [6, 6.07) is 5.72. The highest BCUT2D eigenvalue weighted by Gasteiger charge is 2.16. The predicted octanol–water partition coefficient (Wildman–Crippen LogP) is 1.37. The van der Waals surface area contributed by atoms with Crippen LogP contribution < -0.4 is 5.73 Å². The molecule has 0 aliphatic rings. The molecule has 17 heavy (non-hydrogen) atoms. The molecule has 0 aliphatic heterocycles. The average Bonchev–Trinajstić information content (AvgIpc) is 2.73. The number of hydrogen-bond donors (Lipinski definition) is 3. The molecule has 2 aromatic rings. The molecule has 1 aromatic carbocycles. The number of nitrogens with zero attached hydrogens (tertiary/aromatic N) is 1. The van der Waals surface area contributed by atoms with E-state index in [1.54, 1.807) is 6.07 Å². The minimum absolute atomic E-state index is 0.0317. The fourth-order valence-corrected chi connectivity index (χ4v) is 1.51. The molecule has 2 rings (SSSR count). The van der Waals surface area contributed by atoms with E-state index in [0.29, 0.717) is 17.1 Å². The highest BCUT2D eigenvalue weighted by Crippen LogP contribution is 2.19. The summed E-state index contributed by atoms with van der Waals surface area (Å²) in [6.07, 6.45) is 0. The van der Waals surface area contributed by atoms with Gasteiger partial charge < -0.3 is 15.8 Å². The minimum Gasteiger partial charge on any atom is -0.476 e. The Balaban J connectivity index is 2.50. The molecule has 0 radical (unpaired) electrons. The van der Waals surface area contributed by atoms with Crippen LogP contribution in [0.3, 0.4) is 0 Å². The molecule has 5 nitrogen and oxygen atoms in total. The van der Waals surface area contributed by atoms with Crippen LogP contribution in [-0.2, 0) is 6.54 Å². The second-order valence-electron chi connectivity index (χ2n) is 3.43. The molecule has 0 unspecified atom stereocenters. The normalized spacial score (nSPS) is 10.5. The molecule has 88 valence electrons. The molecule has 0 spiro atoms. The molecule has 0 atom stereocenters. The standard InChI is InChI=1S/C11H10FN3O2/c12-7-3-1-2-6(4-7)10-14-8(5-13)9(15-10)11(16)17/h1-4H,5,13H2,(H,14,15)(H,16,17). The summed E-state index contributed by atoms with van der Waals surface area (Å²) in [4.78, 5) is 17.5. The van der Waals surface area contributed by atoms with Gasteiger partial charge in [0.25, 0.3) is 0 Å². The Morgan fingerprint density at radius 3 is 2.82 bits per heavy atom. The first-order chi connectivity index (χ1) is 8.11. The van der Waals surface area contributed by atoms with Gasteiger partial charge in [0.05, 0.1) is 5.69 Å². The Bertz CT molecular complexity index is 566. The molecule has 4 N–H and O–H groups in total. The Morgan fingerprint density at radius 1 is 1.53 bits per heavy atom. The molecule has 0 saturated carbocycles. The number of nitrogens with two attached hydrogens (primary N) is 1. The number of carbonyl (C=O) groups is 1. The number of benzene rings is 1. The van der Waals surface area contributed by atoms with Gasteiger partial charge in [0.1, 0.15) is 11.6 Å². The summed E-state index contributed by atoms with van der Waals surface area (Å²) in [5.41, 5.74) is 6.06. The van der Waals surface area contributed by atoms with Crippen molar-refractivity contribution in [3.8, 4) is 11.4 Å². The number of aromatic nitrogens is 2. The van der Waals surface area contributed by atoms with Crippen LogP contribution >= 0.6 is 0 Å². The zero-order valence-electron chi connectivity index (χ0n) is 8.77. The van der Waals surface area contributed by atoms with Gasteiger partial charge in [0, 0.05) is 12.1 Å². The van der Waals surface area contributed by atoms with Gasteiger partial charge in [-0.25, -0.2) is 14.2 Å². The quantitative estimate of drug-likeness (QED) is 0.749. The summed E-state index contributed by atoms with van der Waals surface area (Å²) in [7, 11) is 0. The van der Waals surface area contributed by atoms with Crippen LogP contribution in [0.1, 0.15) is 16.2 Å². The van der Waals surface area contributed by atoms with E-state index in [0.717, 1.165) is 0 Å². The highest BCUT2D eigenvalue weighted by atomic mass is 19.1. The molecular formula is C11H10FN3O2. The van der Waals surface area contributed by atoms with Crippen LogP contribution in [0.2, 0.25) is 0 Å². The third kappa shape index (κ3) is 2.16. The van der Waals surface area contributed by atoms with Crippen molar-refractivity contribution in [2.24, 2.45) is 5.73 Å². The Kier molecular flexibility index (Phi) is 2.88. The van der Waals surface area contributed by atoms with Crippen LogP contribution in [0, 0.1) is 5.82 Å². The first-order valence-electron chi connectivity index (χ1n) is 4.90. The SMILES string of the molecule is NCc1[nH]c(-c2cccc(F)c2)nc1C(=O)O. The van der Waals surface area contributed by atoms with Gasteiger partial charge in [0.15, 0.2) is 5.69 Å². The smallest absolute Gasteiger partial charge is 0.356 e. The number of rotatable bonds is 3. The van der Waals surface area contributed by atoms with E-state index in [1.807, 2.05) is 0 Å². The van der Waals surface area contributed by atoms with Crippen LogP contribution in [0.4, 0.5) is 4.39 Å².